The zero-order valence-electron chi connectivity index (χ0n) is 32.1. The number of azide groups is 1. The van der Waals surface area contributed by atoms with Crippen LogP contribution in [0.2, 0.25) is 25.1 Å². The number of H-pyrrole nitrogens is 3. The number of nitrogens with two attached hydrogens (primary N) is 3. The Morgan fingerprint density at radius 2 is 1.08 bits per heavy atom. The molecule has 0 saturated heterocycles. The Morgan fingerprint density at radius 3 is 1.52 bits per heavy atom. The van der Waals surface area contributed by atoms with E-state index in [2.05, 4.69) is 40.6 Å². The molecule has 9 N–H and O–H groups in total. The van der Waals surface area contributed by atoms with Crippen molar-refractivity contribution in [3.63, 3.8) is 0 Å². The number of nitrogen functional groups attached to an aromatic ring is 2. The van der Waals surface area contributed by atoms with Crippen LogP contribution in [0.15, 0.2) is 102 Å². The molecular weight excluding hydrogens is 962 g/mol. The van der Waals surface area contributed by atoms with Crippen LogP contribution in [-0.4, -0.2) is 48.1 Å². The summed E-state index contributed by atoms with van der Waals surface area (Å²) in [6.07, 6.45) is 0. The second-order valence-corrected chi connectivity index (χ2v) is 14.9. The van der Waals surface area contributed by atoms with Gasteiger partial charge in [0.05, 0.1) is 52.3 Å². The number of rotatable bonds is 6. The number of carbonyl (C=O) groups excluding carboxylic acids is 1. The largest absolute Gasteiger partial charge is 0.399 e. The minimum atomic E-state index is -0.211. The molecule has 0 atom stereocenters. The number of aromatic amines is 3. The van der Waals surface area contributed by atoms with Gasteiger partial charge in [0.15, 0.2) is 5.78 Å². The Hall–Kier alpha value is -5.14. The van der Waals surface area contributed by atoms with Crippen molar-refractivity contribution in [3.8, 4) is 6.07 Å². The average Bonchev–Trinajstić information content (AvgIpc) is 4.01. The Bertz CT molecular complexity index is 2660. The van der Waals surface area contributed by atoms with Gasteiger partial charge >= 0.3 is 0 Å². The topological polar surface area (TPSA) is 254 Å². The predicted octanol–water partition coefficient (Wildman–Crippen LogP) is 12.7. The summed E-state index contributed by atoms with van der Waals surface area (Å²) in [7, 11) is 0. The number of Topliss-reactive ketones (excluding diaryl/α,β-unsaturated/α-hetero) is 1. The number of ketones is 1. The fraction of sp³-hybridized carbons (Fsp3) is 0.125. The molecule has 14 nitrogen and oxygen atoms in total. The predicted molar refractivity (Wildman–Crippen MR) is 257 cm³/mol. The molecule has 0 saturated carbocycles. The summed E-state index contributed by atoms with van der Waals surface area (Å²) in [6.45, 7) is 0.712. The number of nitriles is 1. The van der Waals surface area contributed by atoms with E-state index in [0.29, 0.717) is 43.8 Å². The molecule has 0 fully saturated rings. The molecule has 62 heavy (non-hydrogen) atoms. The number of anilines is 2. The van der Waals surface area contributed by atoms with Crippen molar-refractivity contribution < 1.29 is 4.79 Å². The molecule has 3 aromatic heterocycles. The van der Waals surface area contributed by atoms with Crippen LogP contribution in [0.25, 0.3) is 43.2 Å². The number of halogens is 8. The molecule has 3 heterocycles. The minimum absolute atomic E-state index is 0.0788. The number of hydrogen-bond acceptors (Lipinski definition) is 9. The molecule has 8 aromatic rings. The molecular formula is C40H35Cl8N13O. The van der Waals surface area contributed by atoms with E-state index >= 15 is 0 Å². The lowest BCUT2D eigenvalue weighted by molar-refractivity contribution is 0.102. The molecule has 22 heteroatoms. The van der Waals surface area contributed by atoms with E-state index < -0.39 is 0 Å². The van der Waals surface area contributed by atoms with Crippen LogP contribution >= 0.6 is 92.8 Å². The van der Waals surface area contributed by atoms with Crippen molar-refractivity contribution in [2.24, 2.45) is 10.8 Å². The van der Waals surface area contributed by atoms with Gasteiger partial charge in [-0.05, 0) is 103 Å². The van der Waals surface area contributed by atoms with Crippen molar-refractivity contribution in [3.05, 3.63) is 155 Å². The lowest BCUT2D eigenvalue weighted by Crippen LogP contribution is -2.04. The Kier molecular flexibility index (Phi) is 22.3. The molecule has 0 aliphatic heterocycles. The van der Waals surface area contributed by atoms with Gasteiger partial charge in [-0.3, -0.25) is 20.1 Å². The Morgan fingerprint density at radius 1 is 0.661 bits per heavy atom. The van der Waals surface area contributed by atoms with Gasteiger partial charge in [-0.15, -0.1) is 34.8 Å². The first-order valence-corrected chi connectivity index (χ1v) is 21.0. The van der Waals surface area contributed by atoms with E-state index in [1.165, 1.54) is 6.07 Å². The molecule has 0 amide bonds. The lowest BCUT2D eigenvalue weighted by atomic mass is 10.1. The number of carbonyl (C=O) groups is 1. The fourth-order valence-electron chi connectivity index (χ4n) is 4.89. The van der Waals surface area contributed by atoms with Crippen LogP contribution in [-0.2, 0) is 19.0 Å². The highest BCUT2D eigenvalue weighted by Crippen LogP contribution is 2.23. The maximum Gasteiger partial charge on any atom is 0.179 e. The highest BCUT2D eigenvalue weighted by Gasteiger charge is 2.09. The summed E-state index contributed by atoms with van der Waals surface area (Å²) in [5.41, 5.74) is 31.4. The summed E-state index contributed by atoms with van der Waals surface area (Å²) < 4.78 is 0. The smallest absolute Gasteiger partial charge is 0.179 e. The highest BCUT2D eigenvalue weighted by molar-refractivity contribution is 6.34. The van der Waals surface area contributed by atoms with Gasteiger partial charge in [-0.25, -0.2) is 0 Å². The number of alkyl halides is 3. The summed E-state index contributed by atoms with van der Waals surface area (Å²) >= 11 is 44.6. The Balaban J connectivity index is 0.000000204. The molecule has 322 valence electrons. The number of benzene rings is 5. The molecule has 8 rings (SSSR count). The van der Waals surface area contributed by atoms with Crippen molar-refractivity contribution in [2.45, 2.75) is 19.0 Å². The van der Waals surface area contributed by atoms with Crippen LogP contribution in [0.1, 0.15) is 27.4 Å². The zero-order valence-corrected chi connectivity index (χ0v) is 38.1. The maximum absolute atomic E-state index is 11.1. The Labute approximate surface area is 395 Å². The number of nitrogens with zero attached hydrogens (tertiary/aromatic N) is 7. The van der Waals surface area contributed by atoms with E-state index in [1.807, 2.05) is 42.5 Å². The summed E-state index contributed by atoms with van der Waals surface area (Å²) in [5.74, 6) is 0.234. The lowest BCUT2D eigenvalue weighted by Gasteiger charge is -2.01. The van der Waals surface area contributed by atoms with Crippen LogP contribution < -0.4 is 17.2 Å². The first-order valence-electron chi connectivity index (χ1n) is 17.5. The first kappa shape index (κ1) is 51.2. The fourth-order valence-corrected chi connectivity index (χ4v) is 6.05. The number of aromatic nitrogens is 6. The standard InChI is InChI=1S/C8H6Cl2N2.C8H7Cl2NO.C8H6ClN5.C8H8ClN3.C6H6ClN.C2H2ClN/c9-4-8-6-3-5(10)1-2-7(6)11-12-8;9-4-8(12)6-3-5(10)1-2-7(6)11;9-5-1-2-7-6(3-5)8(13-12-7)4-11-14-10;9-5-1-2-7-6(3-5)8(4-10)12-11-7;7-5-1-3-6(8)4-2-5;3-1-2-4/h1-3H,4H2,(H,11,12);1-3H,4,11H2;1-3H,4H2,(H,12,13);1-3H,4,10H2,(H,11,12);1-4H,8H2;1H2. The van der Waals surface area contributed by atoms with Gasteiger partial charge < -0.3 is 17.2 Å². The molecule has 0 radical (unpaired) electrons. The van der Waals surface area contributed by atoms with E-state index in [4.69, 9.17) is 121 Å². The third-order valence-corrected chi connectivity index (χ3v) is 9.60. The molecule has 0 aliphatic rings. The second kappa shape index (κ2) is 27.0. The average molecular weight is 997 g/mol. The van der Waals surface area contributed by atoms with Crippen LogP contribution in [0.4, 0.5) is 11.4 Å². The normalized spacial score (nSPS) is 9.87. The van der Waals surface area contributed by atoms with Crippen molar-refractivity contribution in [1.29, 1.82) is 5.26 Å². The first-order chi connectivity index (χ1) is 29.8. The maximum atomic E-state index is 11.1. The van der Waals surface area contributed by atoms with Gasteiger partial charge in [0, 0.05) is 75.4 Å². The van der Waals surface area contributed by atoms with Gasteiger partial charge in [-0.1, -0.05) is 63.1 Å². The number of nitrogens with one attached hydrogen (secondary N) is 3. The molecule has 0 unspecified atom stereocenters. The zero-order chi connectivity index (χ0) is 45.6. The number of hydrogen-bond donors (Lipinski definition) is 6. The third kappa shape index (κ3) is 16.3. The van der Waals surface area contributed by atoms with Crippen LogP contribution in [0, 0.1) is 11.3 Å². The monoisotopic (exact) mass is 993 g/mol. The SMILES string of the molecule is ClCc1[nH]nc2ccc(Cl)cc12.N#CCCl.NCc1[nH]nc2ccc(Cl)cc12.Nc1ccc(Cl)cc1.Nc1ccc(Cl)cc1C(=O)CCl.[N-]=[N+]=NCc1[nH]nc2ccc(Cl)cc12. The van der Waals surface area contributed by atoms with Crippen molar-refractivity contribution in [2.75, 3.05) is 23.2 Å². The third-order valence-electron chi connectivity index (χ3n) is 7.78. The van der Waals surface area contributed by atoms with E-state index in [9.17, 15) is 4.79 Å². The van der Waals surface area contributed by atoms with E-state index in [-0.39, 0.29) is 24.1 Å². The van der Waals surface area contributed by atoms with Crippen molar-refractivity contribution >= 4 is 143 Å². The summed E-state index contributed by atoms with van der Waals surface area (Å²) in [5, 5.41) is 37.8. The van der Waals surface area contributed by atoms with E-state index in [1.54, 1.807) is 54.6 Å². The number of fused-ring (bicyclic) bond motifs is 3. The van der Waals surface area contributed by atoms with Gasteiger partial charge in [0.2, 0.25) is 0 Å². The van der Waals surface area contributed by atoms with Crippen LogP contribution in [0.3, 0.4) is 0 Å². The highest BCUT2D eigenvalue weighted by atomic mass is 35.5. The molecule has 0 spiro atoms. The minimum Gasteiger partial charge on any atom is -0.399 e. The molecule has 5 aromatic carbocycles. The second-order valence-electron chi connectivity index (χ2n) is 11.9. The molecule has 0 aliphatic carbocycles. The van der Waals surface area contributed by atoms with E-state index in [0.717, 1.165) is 60.5 Å². The van der Waals surface area contributed by atoms with Gasteiger partial charge in [-0.2, -0.15) is 20.6 Å². The quantitative estimate of drug-likeness (QED) is 0.0233. The summed E-state index contributed by atoms with van der Waals surface area (Å²) in [6, 6.07) is 29.9. The van der Waals surface area contributed by atoms with Gasteiger partial charge in [0.25, 0.3) is 0 Å². The van der Waals surface area contributed by atoms with Gasteiger partial charge in [0.1, 0.15) is 5.88 Å². The van der Waals surface area contributed by atoms with Crippen molar-refractivity contribution in [1.82, 2.24) is 30.6 Å². The molecule has 0 bridgehead atoms. The summed E-state index contributed by atoms with van der Waals surface area (Å²) in [4.78, 5) is 13.8. The van der Waals surface area contributed by atoms with Crippen LogP contribution in [0.5, 0.6) is 0 Å².